The highest BCUT2D eigenvalue weighted by molar-refractivity contribution is 5.72. The first-order valence-electron chi connectivity index (χ1n) is 7.15. The lowest BCUT2D eigenvalue weighted by Crippen LogP contribution is -2.22. The van der Waals surface area contributed by atoms with Crippen LogP contribution in [0.5, 0.6) is 0 Å². The zero-order chi connectivity index (χ0) is 13.3. The molecule has 0 spiro atoms. The van der Waals surface area contributed by atoms with E-state index in [0.717, 1.165) is 18.8 Å². The minimum Gasteiger partial charge on any atom is -0.466 e. The molecule has 0 rings (SSSR count). The lowest BCUT2D eigenvalue weighted by atomic mass is 9.90. The van der Waals surface area contributed by atoms with E-state index in [9.17, 15) is 4.79 Å². The Labute approximate surface area is 107 Å². The van der Waals surface area contributed by atoms with Crippen LogP contribution in [0.25, 0.3) is 0 Å². The van der Waals surface area contributed by atoms with E-state index < -0.39 is 0 Å². The number of hydrogen-bond acceptors (Lipinski definition) is 2. The van der Waals surface area contributed by atoms with E-state index in [2.05, 4.69) is 27.7 Å². The molecule has 0 aliphatic heterocycles. The second-order valence-corrected chi connectivity index (χ2v) is 5.63. The zero-order valence-electron chi connectivity index (χ0n) is 12.3. The van der Waals surface area contributed by atoms with Crippen molar-refractivity contribution in [3.8, 4) is 0 Å². The normalized spacial score (nSPS) is 13.1. The summed E-state index contributed by atoms with van der Waals surface area (Å²) < 4.78 is 5.12. The second-order valence-electron chi connectivity index (χ2n) is 5.63. The molecule has 0 radical (unpaired) electrons. The summed E-state index contributed by atoms with van der Waals surface area (Å²) in [6.45, 7) is 11.1. The lowest BCUT2D eigenvalue weighted by molar-refractivity contribution is -0.149. The lowest BCUT2D eigenvalue weighted by Gasteiger charge is -2.18. The minimum atomic E-state index is -0.00800. The van der Waals surface area contributed by atoms with Crippen molar-refractivity contribution in [1.29, 1.82) is 0 Å². The minimum absolute atomic E-state index is 0.00800. The summed E-state index contributed by atoms with van der Waals surface area (Å²) in [5, 5.41) is 0. The monoisotopic (exact) mass is 242 g/mol. The summed E-state index contributed by atoms with van der Waals surface area (Å²) in [5.74, 6) is 1.26. The fraction of sp³-hybridized carbons (Fsp3) is 0.933. The SMILES string of the molecule is CCOC(=O)C(CCCCCC(C)C)C(C)C. The van der Waals surface area contributed by atoms with Gasteiger partial charge in [0, 0.05) is 0 Å². The van der Waals surface area contributed by atoms with E-state index in [-0.39, 0.29) is 11.9 Å². The van der Waals surface area contributed by atoms with Crippen molar-refractivity contribution in [2.24, 2.45) is 17.8 Å². The predicted molar refractivity (Wildman–Crippen MR) is 72.9 cm³/mol. The molecule has 0 aliphatic carbocycles. The Kier molecular flexibility index (Phi) is 9.20. The van der Waals surface area contributed by atoms with Crippen LogP contribution in [0.15, 0.2) is 0 Å². The van der Waals surface area contributed by atoms with E-state index >= 15 is 0 Å². The number of carbonyl (C=O) groups excluding carboxylic acids is 1. The molecule has 1 atom stereocenters. The van der Waals surface area contributed by atoms with Gasteiger partial charge in [-0.15, -0.1) is 0 Å². The van der Waals surface area contributed by atoms with Crippen LogP contribution in [0, 0.1) is 17.8 Å². The van der Waals surface area contributed by atoms with Crippen molar-refractivity contribution in [2.45, 2.75) is 66.7 Å². The molecule has 0 aromatic rings. The van der Waals surface area contributed by atoms with Gasteiger partial charge in [-0.1, -0.05) is 53.4 Å². The van der Waals surface area contributed by atoms with Gasteiger partial charge >= 0.3 is 5.97 Å². The molecule has 17 heavy (non-hydrogen) atoms. The number of esters is 1. The Balaban J connectivity index is 3.82. The molecule has 0 saturated carbocycles. The van der Waals surface area contributed by atoms with Crippen LogP contribution >= 0.6 is 0 Å². The summed E-state index contributed by atoms with van der Waals surface area (Å²) >= 11 is 0. The summed E-state index contributed by atoms with van der Waals surface area (Å²) in [7, 11) is 0. The van der Waals surface area contributed by atoms with Crippen LogP contribution in [0.1, 0.15) is 66.7 Å². The van der Waals surface area contributed by atoms with E-state index in [1.807, 2.05) is 6.92 Å². The summed E-state index contributed by atoms with van der Waals surface area (Å²) in [6, 6.07) is 0. The standard InChI is InChI=1S/C15H30O2/c1-6-17-15(16)14(13(4)5)11-9-7-8-10-12(2)3/h12-14H,6-11H2,1-5H3. The van der Waals surface area contributed by atoms with Gasteiger partial charge in [-0.05, 0) is 25.2 Å². The average molecular weight is 242 g/mol. The zero-order valence-corrected chi connectivity index (χ0v) is 12.3. The van der Waals surface area contributed by atoms with Gasteiger partial charge in [-0.25, -0.2) is 0 Å². The largest absolute Gasteiger partial charge is 0.466 e. The number of rotatable bonds is 9. The van der Waals surface area contributed by atoms with Crippen molar-refractivity contribution in [3.05, 3.63) is 0 Å². The van der Waals surface area contributed by atoms with Gasteiger partial charge in [0.05, 0.1) is 12.5 Å². The fourth-order valence-corrected chi connectivity index (χ4v) is 2.07. The van der Waals surface area contributed by atoms with Gasteiger partial charge in [0.2, 0.25) is 0 Å². The molecule has 102 valence electrons. The highest BCUT2D eigenvalue weighted by Crippen LogP contribution is 2.21. The van der Waals surface area contributed by atoms with Crippen LogP contribution in [0.4, 0.5) is 0 Å². The Morgan fingerprint density at radius 1 is 1.00 bits per heavy atom. The summed E-state index contributed by atoms with van der Waals surface area (Å²) in [5.41, 5.74) is 0. The van der Waals surface area contributed by atoms with Gasteiger partial charge in [0.1, 0.15) is 0 Å². The fourth-order valence-electron chi connectivity index (χ4n) is 2.07. The Morgan fingerprint density at radius 3 is 2.06 bits per heavy atom. The topological polar surface area (TPSA) is 26.3 Å². The molecule has 0 saturated heterocycles. The van der Waals surface area contributed by atoms with Gasteiger partial charge in [-0.3, -0.25) is 4.79 Å². The highest BCUT2D eigenvalue weighted by atomic mass is 16.5. The molecule has 0 fully saturated rings. The van der Waals surface area contributed by atoms with Crippen molar-refractivity contribution in [1.82, 2.24) is 0 Å². The van der Waals surface area contributed by atoms with Crippen molar-refractivity contribution >= 4 is 5.97 Å². The molecule has 0 aromatic heterocycles. The number of hydrogen-bond donors (Lipinski definition) is 0. The molecule has 1 unspecified atom stereocenters. The highest BCUT2D eigenvalue weighted by Gasteiger charge is 2.22. The molecule has 0 amide bonds. The molecule has 0 N–H and O–H groups in total. The van der Waals surface area contributed by atoms with E-state index in [0.29, 0.717) is 12.5 Å². The van der Waals surface area contributed by atoms with Gasteiger partial charge in [0.25, 0.3) is 0 Å². The molecule has 0 heterocycles. The maximum Gasteiger partial charge on any atom is 0.309 e. The van der Waals surface area contributed by atoms with Crippen LogP contribution in [-0.2, 0) is 9.53 Å². The molecule has 2 nitrogen and oxygen atoms in total. The predicted octanol–water partition coefficient (Wildman–Crippen LogP) is 4.43. The quantitative estimate of drug-likeness (QED) is 0.441. The summed E-state index contributed by atoms with van der Waals surface area (Å²) in [6.07, 6.45) is 5.95. The number of carbonyl (C=O) groups is 1. The third-order valence-electron chi connectivity index (χ3n) is 3.19. The van der Waals surface area contributed by atoms with Crippen LogP contribution in [0.3, 0.4) is 0 Å². The van der Waals surface area contributed by atoms with Crippen LogP contribution in [-0.4, -0.2) is 12.6 Å². The molecule has 0 aliphatic rings. The molecular formula is C15H30O2. The molecule has 0 aromatic carbocycles. The maximum atomic E-state index is 11.7. The van der Waals surface area contributed by atoms with Gasteiger partial charge < -0.3 is 4.74 Å². The third kappa shape index (κ3) is 8.23. The second kappa shape index (κ2) is 9.49. The van der Waals surface area contributed by atoms with E-state index in [1.54, 1.807) is 0 Å². The van der Waals surface area contributed by atoms with E-state index in [4.69, 9.17) is 4.74 Å². The Morgan fingerprint density at radius 2 is 1.59 bits per heavy atom. The third-order valence-corrected chi connectivity index (χ3v) is 3.19. The smallest absolute Gasteiger partial charge is 0.309 e. The van der Waals surface area contributed by atoms with Crippen molar-refractivity contribution in [2.75, 3.05) is 6.61 Å². The number of unbranched alkanes of at least 4 members (excludes halogenated alkanes) is 2. The first kappa shape index (κ1) is 16.5. The first-order chi connectivity index (χ1) is 7.99. The van der Waals surface area contributed by atoms with Crippen LogP contribution < -0.4 is 0 Å². The maximum absolute atomic E-state index is 11.7. The molecule has 0 bridgehead atoms. The Bertz CT molecular complexity index is 197. The average Bonchev–Trinajstić information content (AvgIpc) is 2.22. The van der Waals surface area contributed by atoms with Gasteiger partial charge in [0.15, 0.2) is 0 Å². The van der Waals surface area contributed by atoms with Gasteiger partial charge in [-0.2, -0.15) is 0 Å². The molecule has 2 heteroatoms. The summed E-state index contributed by atoms with van der Waals surface area (Å²) in [4.78, 5) is 11.7. The van der Waals surface area contributed by atoms with Crippen LogP contribution in [0.2, 0.25) is 0 Å². The Hall–Kier alpha value is -0.530. The van der Waals surface area contributed by atoms with E-state index in [1.165, 1.54) is 19.3 Å². The first-order valence-corrected chi connectivity index (χ1v) is 7.15. The number of ether oxygens (including phenoxy) is 1. The molecular weight excluding hydrogens is 212 g/mol. The van der Waals surface area contributed by atoms with Crippen molar-refractivity contribution < 1.29 is 9.53 Å². The van der Waals surface area contributed by atoms with Crippen molar-refractivity contribution in [3.63, 3.8) is 0 Å².